The number of fused-ring (bicyclic) bond motifs is 1. The minimum absolute atomic E-state index is 0. The maximum Gasteiger partial charge on any atom is 1.00 e. The van der Waals surface area contributed by atoms with Crippen LogP contribution in [-0.2, 0) is 30.8 Å². The summed E-state index contributed by atoms with van der Waals surface area (Å²) in [6.45, 7) is 4.01. The number of aryl methyl sites for hydroxylation is 1. The molecule has 234 valence electrons. The first-order chi connectivity index (χ1) is 20.1. The van der Waals surface area contributed by atoms with Crippen LogP contribution in [0.3, 0.4) is 0 Å². The molecule has 0 spiro atoms. The quantitative estimate of drug-likeness (QED) is 0.0958. The molecule has 0 saturated heterocycles. The van der Waals surface area contributed by atoms with E-state index in [9.17, 15) is 18.0 Å². The molecular weight excluding hydrogens is 616 g/mol. The Kier molecular flexibility index (Phi) is 17.0. The average Bonchev–Trinajstić information content (AvgIpc) is 3.65. The van der Waals surface area contributed by atoms with E-state index in [1.54, 1.807) is 54.5 Å². The molecule has 0 fully saturated rings. The second-order valence-electron chi connectivity index (χ2n) is 9.89. The number of hydrogen-bond donors (Lipinski definition) is 3. The number of benzene rings is 1. The van der Waals surface area contributed by atoms with Gasteiger partial charge in [-0.25, -0.2) is 17.9 Å². The molecule has 5 rings (SSSR count). The van der Waals surface area contributed by atoms with Crippen molar-refractivity contribution >= 4 is 22.0 Å². The van der Waals surface area contributed by atoms with Crippen molar-refractivity contribution in [2.45, 2.75) is 77.0 Å². The SMILES string of the molecule is C.CCOC(=O)C1CCCc2c1ccn2S(=O)(=O)c1ccc(C)cc1.O=C(O)C1CCCC2=C1C=CC2.[K+].[N-]=NNNN=O. The first-order valence-corrected chi connectivity index (χ1v) is 15.1. The van der Waals surface area contributed by atoms with Crippen LogP contribution in [-0.4, -0.2) is 36.0 Å². The van der Waals surface area contributed by atoms with Gasteiger partial charge in [-0.2, -0.15) is 0 Å². The van der Waals surface area contributed by atoms with Crippen LogP contribution in [0, 0.1) is 17.7 Å². The number of nitrogens with zero attached hydrogens (tertiary/aromatic N) is 4. The number of ether oxygens (including phenoxy) is 1. The summed E-state index contributed by atoms with van der Waals surface area (Å²) in [5.74, 6) is -1.52. The van der Waals surface area contributed by atoms with Gasteiger partial charge in [0.05, 0.1) is 28.6 Å². The Balaban J connectivity index is 0.000000404. The summed E-state index contributed by atoms with van der Waals surface area (Å²) in [5.41, 5.74) is 15.6. The van der Waals surface area contributed by atoms with Gasteiger partial charge in [0.1, 0.15) is 0 Å². The van der Waals surface area contributed by atoms with Crippen molar-refractivity contribution in [2.75, 3.05) is 6.61 Å². The van der Waals surface area contributed by atoms with E-state index in [2.05, 4.69) is 16.6 Å². The van der Waals surface area contributed by atoms with Crippen LogP contribution in [0.5, 0.6) is 0 Å². The minimum atomic E-state index is -3.65. The molecule has 0 saturated carbocycles. The normalized spacial score (nSPS) is 17.8. The zero-order valence-electron chi connectivity index (χ0n) is 24.5. The summed E-state index contributed by atoms with van der Waals surface area (Å²) >= 11 is 0. The third kappa shape index (κ3) is 9.91. The summed E-state index contributed by atoms with van der Waals surface area (Å²) in [6, 6.07) is 8.53. The smallest absolute Gasteiger partial charge is 0.481 e. The van der Waals surface area contributed by atoms with Crippen LogP contribution >= 0.6 is 0 Å². The number of aliphatic carboxylic acids is 1. The Morgan fingerprint density at radius 1 is 1.09 bits per heavy atom. The van der Waals surface area contributed by atoms with E-state index in [0.717, 1.165) is 48.8 Å². The Hall–Kier alpha value is -2.69. The number of nitroso groups, excluding NO2 is 1. The Morgan fingerprint density at radius 3 is 2.34 bits per heavy atom. The van der Waals surface area contributed by atoms with Gasteiger partial charge < -0.3 is 20.9 Å². The second-order valence-corrected chi connectivity index (χ2v) is 11.7. The first kappa shape index (κ1) is 39.3. The molecule has 1 aromatic heterocycles. The van der Waals surface area contributed by atoms with Gasteiger partial charge in [0.2, 0.25) is 0 Å². The van der Waals surface area contributed by atoms with E-state index in [0.29, 0.717) is 25.1 Å². The second kappa shape index (κ2) is 19.0. The molecule has 2 unspecified atom stereocenters. The molecule has 0 bridgehead atoms. The van der Waals surface area contributed by atoms with Crippen molar-refractivity contribution in [3.05, 3.63) is 87.1 Å². The van der Waals surface area contributed by atoms with Crippen LogP contribution in [0.2, 0.25) is 0 Å². The van der Waals surface area contributed by atoms with E-state index < -0.39 is 16.0 Å². The van der Waals surface area contributed by atoms with Gasteiger partial charge >= 0.3 is 63.3 Å². The van der Waals surface area contributed by atoms with Gasteiger partial charge in [-0.3, -0.25) is 14.8 Å². The Labute approximate surface area is 300 Å². The third-order valence-corrected chi connectivity index (χ3v) is 9.01. The Bertz CT molecular complexity index is 1450. The van der Waals surface area contributed by atoms with Gasteiger partial charge in [0.15, 0.2) is 0 Å². The Morgan fingerprint density at radius 2 is 1.75 bits per heavy atom. The molecule has 3 N–H and O–H groups in total. The summed E-state index contributed by atoms with van der Waals surface area (Å²) < 4.78 is 32.3. The maximum absolute atomic E-state index is 12.9. The maximum atomic E-state index is 12.9. The molecule has 13 nitrogen and oxygen atoms in total. The molecule has 1 aromatic carbocycles. The predicted molar refractivity (Wildman–Crippen MR) is 161 cm³/mol. The van der Waals surface area contributed by atoms with Gasteiger partial charge in [-0.05, 0) is 88.1 Å². The van der Waals surface area contributed by atoms with E-state index in [1.807, 2.05) is 13.0 Å². The van der Waals surface area contributed by atoms with Crippen molar-refractivity contribution in [3.63, 3.8) is 0 Å². The summed E-state index contributed by atoms with van der Waals surface area (Å²) in [5, 5.41) is 13.2. The van der Waals surface area contributed by atoms with Gasteiger partial charge in [0.25, 0.3) is 10.0 Å². The molecule has 2 atom stereocenters. The molecule has 3 aliphatic carbocycles. The van der Waals surface area contributed by atoms with Gasteiger partial charge in [-0.1, -0.05) is 42.8 Å². The zero-order chi connectivity index (χ0) is 30.7. The molecule has 0 aliphatic heterocycles. The predicted octanol–water partition coefficient (Wildman–Crippen LogP) is 2.48. The van der Waals surface area contributed by atoms with Crippen molar-refractivity contribution in [1.82, 2.24) is 15.0 Å². The first-order valence-electron chi connectivity index (χ1n) is 13.6. The number of carboxylic acid groups (broad SMARTS) is 1. The number of carbonyl (C=O) groups is 2. The van der Waals surface area contributed by atoms with Crippen LogP contribution in [0.1, 0.15) is 75.6 Å². The number of rotatable bonds is 8. The van der Waals surface area contributed by atoms with Crippen LogP contribution in [0.25, 0.3) is 5.53 Å². The van der Waals surface area contributed by atoms with Gasteiger partial charge in [-0.15, -0.1) is 4.91 Å². The number of carboxylic acids is 1. The molecule has 15 heteroatoms. The van der Waals surface area contributed by atoms with E-state index in [1.165, 1.54) is 9.55 Å². The van der Waals surface area contributed by atoms with Crippen LogP contribution < -0.4 is 62.5 Å². The molecule has 3 aliphatic rings. The number of aromatic nitrogens is 1. The summed E-state index contributed by atoms with van der Waals surface area (Å²) in [6.07, 6.45) is 11.7. The number of hydrogen-bond acceptors (Lipinski definition) is 8. The number of nitrogens with one attached hydrogen (secondary N) is 2. The van der Waals surface area contributed by atoms with E-state index >= 15 is 0 Å². The number of carbonyl (C=O) groups excluding carboxylic acids is 1. The number of esters is 1. The number of hydrazine groups is 1. The summed E-state index contributed by atoms with van der Waals surface area (Å²) in [4.78, 5) is 32.2. The van der Waals surface area contributed by atoms with Crippen LogP contribution in [0.4, 0.5) is 0 Å². The van der Waals surface area contributed by atoms with Gasteiger partial charge in [0, 0.05) is 11.9 Å². The van der Waals surface area contributed by atoms with Crippen molar-refractivity contribution in [2.24, 2.45) is 16.4 Å². The largest absolute Gasteiger partial charge is 1.00 e. The molecule has 0 amide bonds. The molecule has 0 radical (unpaired) electrons. The number of allylic oxidation sites excluding steroid dienone is 3. The fraction of sp³-hybridized carbons (Fsp3) is 0.448. The van der Waals surface area contributed by atoms with Crippen molar-refractivity contribution in [1.29, 1.82) is 0 Å². The molecular formula is C29H39KN6O7S. The van der Waals surface area contributed by atoms with Crippen molar-refractivity contribution in [3.8, 4) is 0 Å². The molecule has 2 aromatic rings. The minimum Gasteiger partial charge on any atom is -0.481 e. The fourth-order valence-corrected chi connectivity index (χ4v) is 6.76. The average molecular weight is 655 g/mol. The zero-order valence-corrected chi connectivity index (χ0v) is 28.5. The van der Waals surface area contributed by atoms with Crippen molar-refractivity contribution < 1.29 is 79.2 Å². The van der Waals surface area contributed by atoms with E-state index in [4.69, 9.17) is 20.3 Å². The molecule has 44 heavy (non-hydrogen) atoms. The molecule has 1 heterocycles. The monoisotopic (exact) mass is 654 g/mol. The topological polar surface area (TPSA) is 191 Å². The summed E-state index contributed by atoms with van der Waals surface area (Å²) in [7, 11) is -3.65. The third-order valence-electron chi connectivity index (χ3n) is 7.28. The standard InChI is InChI=1S/C18H21NO4S.C10H12O2.CH4.K.H2N5O/c1-3-23-18(20)16-5-4-6-17-15(16)11-12-19(17)24(21,22)14-9-7-13(2)8-10-14;11-10(12)9-6-2-4-7-3-1-5-8(7)9;;;1-2-3-4-5-6/h7-12,16H,3-6H2,1-2H3;1,5,9H,2-4,6H2,(H,11,12);1H4;;(H2-,1,2,3,4,5,6)/q;;;+1;-1. The van der Waals surface area contributed by atoms with Crippen LogP contribution in [0.15, 0.2) is 75.2 Å². The van der Waals surface area contributed by atoms with E-state index in [-0.39, 0.29) is 81.5 Å². The fourth-order valence-electron chi connectivity index (χ4n) is 5.35.